The lowest BCUT2D eigenvalue weighted by molar-refractivity contribution is 0.633. The maximum absolute atomic E-state index is 9.55. The number of hydrogen-bond donors (Lipinski definition) is 2. The van der Waals surface area contributed by atoms with Crippen LogP contribution in [0.15, 0.2) is 260 Å². The van der Waals surface area contributed by atoms with E-state index in [-0.39, 0.29) is 5.84 Å². The standard InChI is InChI=1S/C61H40N6.C7H8/c62-55(38-18-4-1-5-19-38)64-56(63)41-32-34-51-53(36-41)60(47-28-14-10-24-43(47)44-25-11-15-29-48(44)60)52-35-33-42(37-54(52)61(51)49-30-16-12-26-45(49)46-27-13-17-31-50(46)61)59-66-57(39-20-6-2-7-21-39)65-58(67-59)40-22-8-3-9-23-40;1-7-5-3-2-4-6-7/h1-37H,(H3,62,63,64);2-6H,1H3. The molecule has 0 unspecified atom stereocenters. The number of amidine groups is 2. The largest absolute Gasteiger partial charge is 0.383 e. The van der Waals surface area contributed by atoms with E-state index >= 15 is 0 Å². The summed E-state index contributed by atoms with van der Waals surface area (Å²) in [5.74, 6) is 2.21. The fourth-order valence-corrected chi connectivity index (χ4v) is 11.9. The average Bonchev–Trinajstić information content (AvgIpc) is 3.99. The molecule has 3 aliphatic carbocycles. The molecule has 1 aromatic heterocycles. The molecule has 10 aromatic carbocycles. The van der Waals surface area contributed by atoms with Crippen LogP contribution in [0.3, 0.4) is 0 Å². The van der Waals surface area contributed by atoms with E-state index in [4.69, 9.17) is 25.7 Å². The summed E-state index contributed by atoms with van der Waals surface area (Å²) in [4.78, 5) is 20.3. The van der Waals surface area contributed by atoms with E-state index in [0.29, 0.717) is 28.9 Å². The number of nitrogens with zero attached hydrogens (tertiary/aromatic N) is 4. The molecule has 6 nitrogen and oxygen atoms in total. The van der Waals surface area contributed by atoms with E-state index in [0.717, 1.165) is 44.5 Å². The SMILES string of the molecule is Cc1ccccc1.N=C(N=C(N)c1ccccc1)c1ccc2c(c1)C1(c3ccccc3-c3ccccc31)c1ccc(-c3nc(-c4ccccc4)nc(-c4ccccc4)n3)cc1C21c2ccccc2-c2ccccc21. The summed E-state index contributed by atoms with van der Waals surface area (Å²) in [6.45, 7) is 2.08. The highest BCUT2D eigenvalue weighted by molar-refractivity contribution is 6.10. The van der Waals surface area contributed by atoms with Crippen LogP contribution >= 0.6 is 0 Å². The molecule has 11 aromatic rings. The van der Waals surface area contributed by atoms with Gasteiger partial charge in [0.1, 0.15) is 5.84 Å². The van der Waals surface area contributed by atoms with Gasteiger partial charge in [-0.25, -0.2) is 19.9 Å². The van der Waals surface area contributed by atoms with Crippen LogP contribution in [-0.4, -0.2) is 26.6 Å². The number of nitrogens with one attached hydrogen (secondary N) is 1. The predicted octanol–water partition coefficient (Wildman–Crippen LogP) is 14.6. The number of hydrogen-bond acceptors (Lipinski definition) is 4. The Morgan fingerprint density at radius 2 is 0.716 bits per heavy atom. The number of aliphatic imine (C=N–C) groups is 1. The van der Waals surface area contributed by atoms with Crippen LogP contribution < -0.4 is 5.73 Å². The molecule has 0 bridgehead atoms. The van der Waals surface area contributed by atoms with Gasteiger partial charge in [0.25, 0.3) is 0 Å². The van der Waals surface area contributed by atoms with Crippen molar-refractivity contribution >= 4 is 11.7 Å². The van der Waals surface area contributed by atoms with Gasteiger partial charge in [0.05, 0.1) is 10.8 Å². The average molecular weight is 949 g/mol. The molecule has 0 radical (unpaired) electrons. The van der Waals surface area contributed by atoms with Crippen molar-refractivity contribution < 1.29 is 0 Å². The summed E-state index contributed by atoms with van der Waals surface area (Å²) in [7, 11) is 0. The van der Waals surface area contributed by atoms with Gasteiger partial charge >= 0.3 is 0 Å². The Labute approximate surface area is 430 Å². The van der Waals surface area contributed by atoms with Crippen LogP contribution in [0.4, 0.5) is 0 Å². The first-order valence-corrected chi connectivity index (χ1v) is 25.0. The molecule has 3 aliphatic rings. The monoisotopic (exact) mass is 948 g/mol. The molecule has 6 heteroatoms. The van der Waals surface area contributed by atoms with E-state index in [2.05, 4.69) is 153 Å². The Hall–Kier alpha value is -9.65. The normalized spacial score (nSPS) is 13.6. The first-order valence-electron chi connectivity index (χ1n) is 25.0. The van der Waals surface area contributed by atoms with Gasteiger partial charge in [-0.3, -0.25) is 5.41 Å². The van der Waals surface area contributed by atoms with E-state index in [9.17, 15) is 5.41 Å². The molecule has 0 aliphatic heterocycles. The van der Waals surface area contributed by atoms with Crippen molar-refractivity contribution in [2.75, 3.05) is 0 Å². The van der Waals surface area contributed by atoms with Gasteiger partial charge in [0.2, 0.25) is 0 Å². The first kappa shape index (κ1) is 44.3. The van der Waals surface area contributed by atoms with Crippen molar-refractivity contribution in [2.45, 2.75) is 17.8 Å². The first-order chi connectivity index (χ1) is 36.4. The molecular weight excluding hydrogens is 901 g/mol. The number of rotatable bonds is 5. The second-order valence-corrected chi connectivity index (χ2v) is 19.1. The molecule has 0 atom stereocenters. The highest BCUT2D eigenvalue weighted by atomic mass is 15.0. The second-order valence-electron chi connectivity index (χ2n) is 19.1. The Morgan fingerprint density at radius 3 is 1.15 bits per heavy atom. The van der Waals surface area contributed by atoms with Gasteiger partial charge in [0.15, 0.2) is 23.3 Å². The summed E-state index contributed by atoms with van der Waals surface area (Å²) >= 11 is 0. The summed E-state index contributed by atoms with van der Waals surface area (Å²) in [5, 5.41) is 9.55. The second kappa shape index (κ2) is 17.9. The van der Waals surface area contributed by atoms with E-state index in [1.807, 2.05) is 109 Å². The molecule has 14 rings (SSSR count). The van der Waals surface area contributed by atoms with Gasteiger partial charge in [-0.1, -0.05) is 248 Å². The van der Waals surface area contributed by atoms with Gasteiger partial charge in [-0.05, 0) is 85.8 Å². The minimum absolute atomic E-state index is 0.0968. The molecule has 0 saturated heterocycles. The third-order valence-corrected chi connectivity index (χ3v) is 15.0. The van der Waals surface area contributed by atoms with Crippen LogP contribution in [0, 0.1) is 12.3 Å². The number of fused-ring (bicyclic) bond motifs is 16. The lowest BCUT2D eigenvalue weighted by Gasteiger charge is -2.49. The summed E-state index contributed by atoms with van der Waals surface area (Å²) < 4.78 is 0. The van der Waals surface area contributed by atoms with Crippen molar-refractivity contribution in [1.82, 2.24) is 15.0 Å². The molecule has 350 valence electrons. The smallest absolute Gasteiger partial charge is 0.164 e. The van der Waals surface area contributed by atoms with Crippen molar-refractivity contribution in [3.05, 3.63) is 316 Å². The highest BCUT2D eigenvalue weighted by Crippen LogP contribution is 2.67. The zero-order valence-electron chi connectivity index (χ0n) is 40.6. The molecule has 74 heavy (non-hydrogen) atoms. The fraction of sp³-hybridized carbons (Fsp3) is 0.0441. The van der Waals surface area contributed by atoms with Crippen LogP contribution in [0.25, 0.3) is 56.4 Å². The van der Waals surface area contributed by atoms with E-state index < -0.39 is 10.8 Å². The van der Waals surface area contributed by atoms with E-state index in [1.54, 1.807) is 0 Å². The molecule has 3 N–H and O–H groups in total. The number of aromatic nitrogens is 3. The Balaban J connectivity index is 0.000000700. The summed E-state index contributed by atoms with van der Waals surface area (Å²) in [6.07, 6.45) is 0. The third-order valence-electron chi connectivity index (χ3n) is 15.0. The maximum atomic E-state index is 9.55. The summed E-state index contributed by atoms with van der Waals surface area (Å²) in [5.41, 5.74) is 24.6. The Morgan fingerprint density at radius 1 is 0.351 bits per heavy atom. The van der Waals surface area contributed by atoms with Crippen molar-refractivity contribution in [1.29, 1.82) is 5.41 Å². The minimum atomic E-state index is -0.789. The quantitative estimate of drug-likeness (QED) is 0.133. The van der Waals surface area contributed by atoms with Gasteiger partial charge < -0.3 is 5.73 Å². The molecule has 2 spiro atoms. The number of aryl methyl sites for hydroxylation is 1. The van der Waals surface area contributed by atoms with E-state index in [1.165, 1.54) is 50.1 Å². The van der Waals surface area contributed by atoms with Crippen molar-refractivity contribution in [3.63, 3.8) is 0 Å². The van der Waals surface area contributed by atoms with Gasteiger partial charge in [-0.2, -0.15) is 0 Å². The maximum Gasteiger partial charge on any atom is 0.164 e. The zero-order chi connectivity index (χ0) is 49.8. The highest BCUT2D eigenvalue weighted by Gasteiger charge is 2.59. The fourth-order valence-electron chi connectivity index (χ4n) is 11.9. The topological polar surface area (TPSA) is 101 Å². The van der Waals surface area contributed by atoms with Gasteiger partial charge in [0, 0.05) is 27.8 Å². The van der Waals surface area contributed by atoms with Crippen LogP contribution in [0.5, 0.6) is 0 Å². The van der Waals surface area contributed by atoms with Crippen molar-refractivity contribution in [2.24, 2.45) is 10.7 Å². The zero-order valence-corrected chi connectivity index (χ0v) is 40.6. The van der Waals surface area contributed by atoms with Crippen molar-refractivity contribution in [3.8, 4) is 56.4 Å². The molecular formula is C68H48N6. The third kappa shape index (κ3) is 6.91. The molecule has 1 heterocycles. The predicted molar refractivity (Wildman–Crippen MR) is 299 cm³/mol. The Kier molecular flexibility index (Phi) is 10.7. The number of nitrogens with two attached hydrogens (primary N) is 1. The van der Waals surface area contributed by atoms with Gasteiger partial charge in [-0.15, -0.1) is 0 Å². The lowest BCUT2D eigenvalue weighted by Crippen LogP contribution is -2.44. The van der Waals surface area contributed by atoms with Crippen LogP contribution in [-0.2, 0) is 10.8 Å². The van der Waals surface area contributed by atoms with Crippen LogP contribution in [0.2, 0.25) is 0 Å². The Bertz CT molecular complexity index is 3850. The van der Waals surface area contributed by atoms with Crippen LogP contribution in [0.1, 0.15) is 61.2 Å². The molecule has 0 fully saturated rings. The number of benzene rings is 10. The molecule has 0 saturated carbocycles. The molecule has 0 amide bonds. The minimum Gasteiger partial charge on any atom is -0.383 e. The lowest BCUT2D eigenvalue weighted by atomic mass is 9.52. The summed E-state index contributed by atoms with van der Waals surface area (Å²) in [6, 6.07) is 89.0.